The van der Waals surface area contributed by atoms with E-state index in [-0.39, 0.29) is 24.0 Å². The fourth-order valence-electron chi connectivity index (χ4n) is 2.14. The third-order valence-corrected chi connectivity index (χ3v) is 3.46. The van der Waals surface area contributed by atoms with Gasteiger partial charge in [-0.15, -0.1) is 24.0 Å². The molecule has 0 aliphatic rings. The molecule has 0 fully saturated rings. The molecule has 2 rings (SSSR count). The van der Waals surface area contributed by atoms with Crippen LogP contribution in [0.3, 0.4) is 0 Å². The predicted molar refractivity (Wildman–Crippen MR) is 109 cm³/mol. The Labute approximate surface area is 155 Å². The molecule has 0 atom stereocenters. The molecular formula is C18H25IN4. The van der Waals surface area contributed by atoms with Crippen LogP contribution in [0.4, 0.5) is 5.69 Å². The molecule has 3 N–H and O–H groups in total. The van der Waals surface area contributed by atoms with Crippen molar-refractivity contribution < 1.29 is 0 Å². The Hall–Kier alpha value is -1.60. The van der Waals surface area contributed by atoms with Crippen LogP contribution < -0.4 is 11.1 Å². The van der Waals surface area contributed by atoms with Crippen molar-refractivity contribution in [2.75, 3.05) is 18.9 Å². The first kappa shape index (κ1) is 19.4. The van der Waals surface area contributed by atoms with Crippen LogP contribution in [-0.2, 0) is 13.1 Å². The standard InChI is InChI=1S/C18H24N4.HI/c1-3-22(2)14-16-9-7-8-15(12-16)13-20-18(19)21-17-10-5-4-6-11-17;/h4-12H,3,13-14H2,1-2H3,(H3,19,20,21);1H. The zero-order valence-corrected chi connectivity index (χ0v) is 16.0. The Morgan fingerprint density at radius 1 is 1.09 bits per heavy atom. The Kier molecular flexibility index (Phi) is 8.65. The molecule has 2 aromatic rings. The zero-order valence-electron chi connectivity index (χ0n) is 13.7. The summed E-state index contributed by atoms with van der Waals surface area (Å²) in [5.41, 5.74) is 9.34. The lowest BCUT2D eigenvalue weighted by Crippen LogP contribution is -2.22. The summed E-state index contributed by atoms with van der Waals surface area (Å²) < 4.78 is 0. The molecule has 0 aliphatic heterocycles. The van der Waals surface area contributed by atoms with E-state index in [0.29, 0.717) is 12.5 Å². The van der Waals surface area contributed by atoms with E-state index in [0.717, 1.165) is 18.8 Å². The minimum absolute atomic E-state index is 0. The molecule has 124 valence electrons. The number of nitrogens with one attached hydrogen (secondary N) is 1. The largest absolute Gasteiger partial charge is 0.370 e. The molecule has 4 nitrogen and oxygen atoms in total. The van der Waals surface area contributed by atoms with Gasteiger partial charge in [-0.2, -0.15) is 0 Å². The number of halogens is 1. The number of anilines is 1. The summed E-state index contributed by atoms with van der Waals surface area (Å²) in [4.78, 5) is 6.67. The van der Waals surface area contributed by atoms with Gasteiger partial charge in [-0.05, 0) is 36.9 Å². The molecule has 2 aromatic carbocycles. The van der Waals surface area contributed by atoms with Gasteiger partial charge in [0.15, 0.2) is 5.96 Å². The van der Waals surface area contributed by atoms with Gasteiger partial charge >= 0.3 is 0 Å². The minimum Gasteiger partial charge on any atom is -0.370 e. The van der Waals surface area contributed by atoms with Crippen LogP contribution in [0.1, 0.15) is 18.1 Å². The summed E-state index contributed by atoms with van der Waals surface area (Å²) in [5, 5.41) is 3.09. The van der Waals surface area contributed by atoms with Crippen LogP contribution in [0.25, 0.3) is 0 Å². The number of aliphatic imine (C=N–C) groups is 1. The van der Waals surface area contributed by atoms with E-state index in [1.165, 1.54) is 11.1 Å². The van der Waals surface area contributed by atoms with E-state index < -0.39 is 0 Å². The molecule has 0 aromatic heterocycles. The molecule has 0 bridgehead atoms. The SMILES string of the molecule is CCN(C)Cc1cccc(CN=C(N)Nc2ccccc2)c1.I. The summed E-state index contributed by atoms with van der Waals surface area (Å²) in [6.45, 7) is 4.72. The second-order valence-corrected chi connectivity index (χ2v) is 5.34. The van der Waals surface area contributed by atoms with Crippen LogP contribution in [0, 0.1) is 0 Å². The van der Waals surface area contributed by atoms with Gasteiger partial charge in [0.05, 0.1) is 6.54 Å². The van der Waals surface area contributed by atoms with E-state index in [4.69, 9.17) is 5.73 Å². The molecule has 0 unspecified atom stereocenters. The average Bonchev–Trinajstić information content (AvgIpc) is 2.54. The van der Waals surface area contributed by atoms with Crippen LogP contribution in [0.2, 0.25) is 0 Å². The molecule has 0 spiro atoms. The van der Waals surface area contributed by atoms with E-state index in [1.54, 1.807) is 0 Å². The average molecular weight is 424 g/mol. The summed E-state index contributed by atoms with van der Waals surface area (Å²) in [6, 6.07) is 18.3. The van der Waals surface area contributed by atoms with Crippen molar-refractivity contribution in [1.29, 1.82) is 0 Å². The highest BCUT2D eigenvalue weighted by atomic mass is 127. The molecule has 0 radical (unpaired) electrons. The van der Waals surface area contributed by atoms with Gasteiger partial charge in [-0.25, -0.2) is 4.99 Å². The molecule has 0 heterocycles. The molecular weight excluding hydrogens is 399 g/mol. The smallest absolute Gasteiger partial charge is 0.193 e. The van der Waals surface area contributed by atoms with Crippen molar-refractivity contribution in [3.63, 3.8) is 0 Å². The number of rotatable bonds is 6. The van der Waals surface area contributed by atoms with Crippen molar-refractivity contribution in [2.45, 2.75) is 20.0 Å². The van der Waals surface area contributed by atoms with Gasteiger partial charge in [0, 0.05) is 12.2 Å². The maximum atomic E-state index is 5.92. The summed E-state index contributed by atoms with van der Waals surface area (Å²) in [7, 11) is 2.12. The first-order chi connectivity index (χ1) is 10.7. The highest BCUT2D eigenvalue weighted by Gasteiger charge is 2.00. The second-order valence-electron chi connectivity index (χ2n) is 5.34. The van der Waals surface area contributed by atoms with Gasteiger partial charge in [-0.1, -0.05) is 49.4 Å². The van der Waals surface area contributed by atoms with Gasteiger partial charge in [0.25, 0.3) is 0 Å². The third kappa shape index (κ3) is 7.00. The number of para-hydroxylation sites is 1. The van der Waals surface area contributed by atoms with E-state index in [9.17, 15) is 0 Å². The van der Waals surface area contributed by atoms with Crippen LogP contribution >= 0.6 is 24.0 Å². The number of nitrogens with zero attached hydrogens (tertiary/aromatic N) is 2. The van der Waals surface area contributed by atoms with Gasteiger partial charge < -0.3 is 16.0 Å². The van der Waals surface area contributed by atoms with E-state index in [1.807, 2.05) is 30.3 Å². The van der Waals surface area contributed by atoms with Crippen molar-refractivity contribution in [1.82, 2.24) is 4.90 Å². The molecule has 0 aliphatic carbocycles. The topological polar surface area (TPSA) is 53.6 Å². The fraction of sp³-hybridized carbons (Fsp3) is 0.278. The normalized spacial score (nSPS) is 11.2. The quantitative estimate of drug-likeness (QED) is 0.423. The highest BCUT2D eigenvalue weighted by molar-refractivity contribution is 14.0. The highest BCUT2D eigenvalue weighted by Crippen LogP contribution is 2.09. The van der Waals surface area contributed by atoms with Crippen molar-refractivity contribution >= 4 is 35.6 Å². The van der Waals surface area contributed by atoms with E-state index in [2.05, 4.69) is 53.4 Å². The summed E-state index contributed by atoms with van der Waals surface area (Å²) in [5.74, 6) is 0.433. The Morgan fingerprint density at radius 2 is 1.78 bits per heavy atom. The van der Waals surface area contributed by atoms with Crippen LogP contribution in [-0.4, -0.2) is 24.5 Å². The second kappa shape index (κ2) is 10.2. The van der Waals surface area contributed by atoms with Gasteiger partial charge in [0.2, 0.25) is 0 Å². The fourth-order valence-corrected chi connectivity index (χ4v) is 2.14. The van der Waals surface area contributed by atoms with Crippen LogP contribution in [0.5, 0.6) is 0 Å². The lowest BCUT2D eigenvalue weighted by molar-refractivity contribution is 0.345. The van der Waals surface area contributed by atoms with Crippen molar-refractivity contribution in [2.24, 2.45) is 10.7 Å². The number of nitrogens with two attached hydrogens (primary N) is 1. The molecule has 0 saturated carbocycles. The molecule has 23 heavy (non-hydrogen) atoms. The van der Waals surface area contributed by atoms with Crippen molar-refractivity contribution in [3.05, 3.63) is 65.7 Å². The Bertz CT molecular complexity index is 613. The first-order valence-electron chi connectivity index (χ1n) is 7.55. The number of benzene rings is 2. The maximum absolute atomic E-state index is 5.92. The Morgan fingerprint density at radius 3 is 2.48 bits per heavy atom. The maximum Gasteiger partial charge on any atom is 0.193 e. The lowest BCUT2D eigenvalue weighted by atomic mass is 10.1. The first-order valence-corrected chi connectivity index (χ1v) is 7.55. The van der Waals surface area contributed by atoms with Gasteiger partial charge in [-0.3, -0.25) is 0 Å². The molecule has 0 saturated heterocycles. The van der Waals surface area contributed by atoms with Crippen LogP contribution in [0.15, 0.2) is 59.6 Å². The molecule has 0 amide bonds. The van der Waals surface area contributed by atoms with Gasteiger partial charge in [0.1, 0.15) is 0 Å². The minimum atomic E-state index is 0. The van der Waals surface area contributed by atoms with Crippen molar-refractivity contribution in [3.8, 4) is 0 Å². The predicted octanol–water partition coefficient (Wildman–Crippen LogP) is 3.68. The number of guanidine groups is 1. The number of hydrogen-bond donors (Lipinski definition) is 2. The Balaban J connectivity index is 0.00000264. The third-order valence-electron chi connectivity index (χ3n) is 3.46. The van der Waals surface area contributed by atoms with E-state index >= 15 is 0 Å². The summed E-state index contributed by atoms with van der Waals surface area (Å²) in [6.07, 6.45) is 0. The molecule has 5 heteroatoms. The zero-order chi connectivity index (χ0) is 15.8. The summed E-state index contributed by atoms with van der Waals surface area (Å²) >= 11 is 0. The lowest BCUT2D eigenvalue weighted by Gasteiger charge is -2.14. The number of hydrogen-bond acceptors (Lipinski definition) is 2. The monoisotopic (exact) mass is 424 g/mol.